The molecule has 2 aromatic heterocycles. The second-order valence-corrected chi connectivity index (χ2v) is 6.43. The van der Waals surface area contributed by atoms with Gasteiger partial charge >= 0.3 is 0 Å². The van der Waals surface area contributed by atoms with Crippen molar-refractivity contribution in [3.63, 3.8) is 0 Å². The highest BCUT2D eigenvalue weighted by atomic mass is 32.1. The van der Waals surface area contributed by atoms with Crippen LogP contribution in [0.3, 0.4) is 0 Å². The number of hydrogen-bond donors (Lipinski definition) is 1. The largest absolute Gasteiger partial charge is 0.442 e. The third-order valence-corrected chi connectivity index (χ3v) is 3.39. The Kier molecular flexibility index (Phi) is 3.35. The molecule has 0 radical (unpaired) electrons. The summed E-state index contributed by atoms with van der Waals surface area (Å²) in [4.78, 5) is 6.71. The summed E-state index contributed by atoms with van der Waals surface area (Å²) in [5.74, 6) is 0.889. The van der Waals surface area contributed by atoms with E-state index in [4.69, 9.17) is 4.42 Å². The van der Waals surface area contributed by atoms with E-state index in [1.165, 1.54) is 11.3 Å². The molecule has 0 saturated carbocycles. The van der Waals surface area contributed by atoms with E-state index >= 15 is 0 Å². The summed E-state index contributed by atoms with van der Waals surface area (Å²) in [5.41, 5.74) is 1.06. The first-order chi connectivity index (χ1) is 7.96. The van der Waals surface area contributed by atoms with E-state index in [-0.39, 0.29) is 5.54 Å². The van der Waals surface area contributed by atoms with Gasteiger partial charge in [0.1, 0.15) is 5.69 Å². The molecular formula is C13H18N2OS. The van der Waals surface area contributed by atoms with Crippen molar-refractivity contribution in [2.24, 2.45) is 0 Å². The van der Waals surface area contributed by atoms with Crippen molar-refractivity contribution in [3.05, 3.63) is 29.1 Å². The Morgan fingerprint density at radius 3 is 2.71 bits per heavy atom. The molecule has 0 bridgehead atoms. The smallest absolute Gasteiger partial charge is 0.181 e. The fourth-order valence-electron chi connectivity index (χ4n) is 1.50. The predicted molar refractivity (Wildman–Crippen MR) is 71.1 cm³/mol. The molecule has 0 aliphatic heterocycles. The number of nitrogens with zero attached hydrogens (tertiary/aromatic N) is 1. The highest BCUT2D eigenvalue weighted by Gasteiger charge is 2.15. The minimum atomic E-state index is 0.0849. The van der Waals surface area contributed by atoms with Crippen LogP contribution in [-0.2, 0) is 6.54 Å². The molecular weight excluding hydrogens is 232 g/mol. The molecule has 2 heterocycles. The average molecular weight is 250 g/mol. The summed E-state index contributed by atoms with van der Waals surface area (Å²) in [6.45, 7) is 9.25. The Morgan fingerprint density at radius 1 is 1.35 bits per heavy atom. The van der Waals surface area contributed by atoms with Crippen molar-refractivity contribution < 1.29 is 4.42 Å². The van der Waals surface area contributed by atoms with Gasteiger partial charge in [-0.2, -0.15) is 0 Å². The Bertz CT molecular complexity index is 493. The van der Waals surface area contributed by atoms with Crippen LogP contribution >= 0.6 is 11.3 Å². The topological polar surface area (TPSA) is 38.1 Å². The summed E-state index contributed by atoms with van der Waals surface area (Å²) in [5, 5.41) is 3.42. The molecule has 0 unspecified atom stereocenters. The highest BCUT2D eigenvalue weighted by molar-refractivity contribution is 7.15. The summed E-state index contributed by atoms with van der Waals surface area (Å²) in [7, 11) is 0. The number of aryl methyl sites for hydroxylation is 1. The fourth-order valence-corrected chi connectivity index (χ4v) is 2.38. The highest BCUT2D eigenvalue weighted by Crippen LogP contribution is 2.30. The molecule has 2 aromatic rings. The van der Waals surface area contributed by atoms with E-state index in [2.05, 4.69) is 50.1 Å². The van der Waals surface area contributed by atoms with Crippen molar-refractivity contribution in [2.75, 3.05) is 0 Å². The fraction of sp³-hybridized carbons (Fsp3) is 0.462. The van der Waals surface area contributed by atoms with E-state index in [9.17, 15) is 0 Å². The summed E-state index contributed by atoms with van der Waals surface area (Å²) < 4.78 is 5.49. The van der Waals surface area contributed by atoms with Crippen molar-refractivity contribution in [3.8, 4) is 10.6 Å². The first-order valence-corrected chi connectivity index (χ1v) is 6.51. The first kappa shape index (κ1) is 12.3. The molecule has 0 spiro atoms. The van der Waals surface area contributed by atoms with Crippen LogP contribution in [0.4, 0.5) is 0 Å². The maximum atomic E-state index is 5.49. The second-order valence-electron chi connectivity index (χ2n) is 5.14. The van der Waals surface area contributed by atoms with E-state index in [1.54, 1.807) is 11.3 Å². The monoisotopic (exact) mass is 250 g/mol. The molecule has 1 N–H and O–H groups in total. The number of thiophene rings is 1. The molecule has 0 amide bonds. The lowest BCUT2D eigenvalue weighted by atomic mass is 10.1. The van der Waals surface area contributed by atoms with Crippen LogP contribution in [0.5, 0.6) is 0 Å². The van der Waals surface area contributed by atoms with E-state index in [1.807, 2.05) is 0 Å². The number of nitrogens with one attached hydrogen (secondary N) is 1. The number of oxazole rings is 1. The Morgan fingerprint density at radius 2 is 2.12 bits per heavy atom. The molecule has 0 aliphatic rings. The van der Waals surface area contributed by atoms with Gasteiger partial charge < -0.3 is 9.73 Å². The van der Waals surface area contributed by atoms with Gasteiger partial charge in [0, 0.05) is 17.0 Å². The summed E-state index contributed by atoms with van der Waals surface area (Å²) in [6.07, 6.45) is 1.52. The molecule has 4 heteroatoms. The van der Waals surface area contributed by atoms with Crippen LogP contribution < -0.4 is 5.32 Å². The van der Waals surface area contributed by atoms with Crippen molar-refractivity contribution in [1.82, 2.24) is 10.3 Å². The van der Waals surface area contributed by atoms with Gasteiger partial charge in [-0.1, -0.05) is 0 Å². The van der Waals surface area contributed by atoms with Crippen LogP contribution in [-0.4, -0.2) is 10.5 Å². The van der Waals surface area contributed by atoms with Gasteiger partial charge in [-0.05, 0) is 39.8 Å². The quantitative estimate of drug-likeness (QED) is 0.904. The Labute approximate surface area is 106 Å². The van der Waals surface area contributed by atoms with Crippen LogP contribution in [0, 0.1) is 6.92 Å². The predicted octanol–water partition coefficient (Wildman–Crippen LogP) is 3.60. The van der Waals surface area contributed by atoms with Gasteiger partial charge in [0.05, 0.1) is 4.88 Å². The average Bonchev–Trinajstić information content (AvgIpc) is 2.81. The lowest BCUT2D eigenvalue weighted by Gasteiger charge is -2.19. The van der Waals surface area contributed by atoms with Gasteiger partial charge in [0.2, 0.25) is 0 Å². The SMILES string of the molecule is Cc1ccc(-c2ocnc2CNC(C)(C)C)s1. The summed E-state index contributed by atoms with van der Waals surface area (Å²) >= 11 is 1.73. The van der Waals surface area contributed by atoms with Crippen molar-refractivity contribution in [1.29, 1.82) is 0 Å². The zero-order valence-electron chi connectivity index (χ0n) is 10.7. The van der Waals surface area contributed by atoms with Gasteiger partial charge in [-0.25, -0.2) is 4.98 Å². The van der Waals surface area contributed by atoms with Crippen LogP contribution in [0.1, 0.15) is 31.3 Å². The molecule has 92 valence electrons. The number of rotatable bonds is 3. The minimum absolute atomic E-state index is 0.0849. The molecule has 0 atom stereocenters. The maximum absolute atomic E-state index is 5.49. The second kappa shape index (κ2) is 4.63. The zero-order valence-corrected chi connectivity index (χ0v) is 11.5. The third-order valence-electron chi connectivity index (χ3n) is 2.39. The first-order valence-electron chi connectivity index (χ1n) is 5.70. The lowest BCUT2D eigenvalue weighted by molar-refractivity contribution is 0.421. The Hall–Kier alpha value is -1.13. The van der Waals surface area contributed by atoms with Crippen LogP contribution in [0.2, 0.25) is 0 Å². The molecule has 0 fully saturated rings. The van der Waals surface area contributed by atoms with E-state index in [0.29, 0.717) is 0 Å². The molecule has 0 aromatic carbocycles. The van der Waals surface area contributed by atoms with Gasteiger partial charge in [0.15, 0.2) is 12.2 Å². The normalized spacial score (nSPS) is 12.0. The van der Waals surface area contributed by atoms with Crippen LogP contribution in [0.25, 0.3) is 10.6 Å². The zero-order chi connectivity index (χ0) is 12.5. The Balaban J connectivity index is 2.17. The number of hydrogen-bond acceptors (Lipinski definition) is 4. The third kappa shape index (κ3) is 3.17. The molecule has 2 rings (SSSR count). The molecule has 0 aliphatic carbocycles. The molecule has 3 nitrogen and oxygen atoms in total. The van der Waals surface area contributed by atoms with Crippen molar-refractivity contribution in [2.45, 2.75) is 39.8 Å². The molecule has 17 heavy (non-hydrogen) atoms. The lowest BCUT2D eigenvalue weighted by Crippen LogP contribution is -2.35. The number of aromatic nitrogens is 1. The molecule has 0 saturated heterocycles. The van der Waals surface area contributed by atoms with Gasteiger partial charge in [-0.15, -0.1) is 11.3 Å². The van der Waals surface area contributed by atoms with Crippen LogP contribution in [0.15, 0.2) is 22.9 Å². The van der Waals surface area contributed by atoms with Crippen molar-refractivity contribution >= 4 is 11.3 Å². The standard InChI is InChI=1S/C13H18N2OS/c1-9-5-6-11(17-9)12-10(14-8-16-12)7-15-13(2,3)4/h5-6,8,15H,7H2,1-4H3. The minimum Gasteiger partial charge on any atom is -0.442 e. The van der Waals surface area contributed by atoms with Gasteiger partial charge in [0.25, 0.3) is 0 Å². The maximum Gasteiger partial charge on any atom is 0.181 e. The van der Waals surface area contributed by atoms with Gasteiger partial charge in [-0.3, -0.25) is 0 Å². The van der Waals surface area contributed by atoms with E-state index in [0.717, 1.165) is 22.9 Å². The summed E-state index contributed by atoms with van der Waals surface area (Å²) in [6, 6.07) is 4.19. The van der Waals surface area contributed by atoms with E-state index < -0.39 is 0 Å².